The summed E-state index contributed by atoms with van der Waals surface area (Å²) in [6, 6.07) is 5.81. The van der Waals surface area contributed by atoms with Crippen LogP contribution in [-0.4, -0.2) is 49.3 Å². The lowest BCUT2D eigenvalue weighted by atomic mass is 10.2. The van der Waals surface area contributed by atoms with Crippen molar-refractivity contribution in [1.82, 2.24) is 15.1 Å². The maximum absolute atomic E-state index is 8.87. The van der Waals surface area contributed by atoms with Gasteiger partial charge in [0.25, 0.3) is 0 Å². The fourth-order valence-electron chi connectivity index (χ4n) is 2.88. The summed E-state index contributed by atoms with van der Waals surface area (Å²) in [5.74, 6) is 2.41. The van der Waals surface area contributed by atoms with Crippen LogP contribution in [0.5, 0.6) is 11.5 Å². The molecule has 0 amide bonds. The van der Waals surface area contributed by atoms with Gasteiger partial charge in [0.1, 0.15) is 12.4 Å². The number of nitrogens with zero attached hydrogens (tertiary/aromatic N) is 3. The highest BCUT2D eigenvalue weighted by molar-refractivity contribution is 5.49. The number of ether oxygens (including phenoxy) is 2. The second kappa shape index (κ2) is 8.73. The molecule has 138 valence electrons. The monoisotopic (exact) mass is 348 g/mol. The number of nitrogens with one attached hydrogen (secondary N) is 1. The van der Waals surface area contributed by atoms with Crippen molar-refractivity contribution in [3.8, 4) is 11.5 Å². The number of hydrogen-bond acceptors (Lipinski definition) is 6. The van der Waals surface area contributed by atoms with Gasteiger partial charge < -0.3 is 24.8 Å². The van der Waals surface area contributed by atoms with E-state index in [1.54, 1.807) is 7.11 Å². The molecule has 2 aromatic rings. The molecule has 1 aromatic carbocycles. The molecule has 0 aliphatic rings. The highest BCUT2D eigenvalue weighted by Gasteiger charge is 2.14. The topological polar surface area (TPSA) is 71.8 Å². The minimum atomic E-state index is -0.0227. The van der Waals surface area contributed by atoms with Crippen LogP contribution in [0.2, 0.25) is 0 Å². The number of benzene rings is 1. The van der Waals surface area contributed by atoms with Crippen LogP contribution in [0.25, 0.3) is 0 Å². The lowest BCUT2D eigenvalue weighted by molar-refractivity contribution is 0.196. The van der Waals surface area contributed by atoms with E-state index in [2.05, 4.69) is 15.3 Å². The molecule has 0 spiro atoms. The Labute approximate surface area is 149 Å². The van der Waals surface area contributed by atoms with Gasteiger partial charge in [-0.05, 0) is 24.6 Å². The number of hydrogen-bond donors (Lipinski definition) is 2. The van der Waals surface area contributed by atoms with Gasteiger partial charge in [0.2, 0.25) is 0 Å². The fraction of sp³-hybridized carbons (Fsp3) is 0.500. The van der Waals surface area contributed by atoms with Crippen LogP contribution in [0.4, 0.5) is 5.82 Å². The first kappa shape index (κ1) is 19.1. The van der Waals surface area contributed by atoms with Crippen molar-refractivity contribution < 1.29 is 14.6 Å². The Morgan fingerprint density at radius 1 is 1.24 bits per heavy atom. The number of aliphatic hydroxyl groups is 1. The predicted molar refractivity (Wildman–Crippen MR) is 98.4 cm³/mol. The van der Waals surface area contributed by atoms with E-state index in [1.807, 2.05) is 50.9 Å². The Hall–Kier alpha value is -2.25. The Morgan fingerprint density at radius 3 is 2.64 bits per heavy atom. The Morgan fingerprint density at radius 2 is 2.00 bits per heavy atom. The third-order valence-corrected chi connectivity index (χ3v) is 3.94. The van der Waals surface area contributed by atoms with Crippen LogP contribution in [0, 0.1) is 6.92 Å². The first-order chi connectivity index (χ1) is 12.0. The number of rotatable bonds is 9. The quantitative estimate of drug-likeness (QED) is 0.715. The number of aliphatic hydroxyl groups excluding tert-OH is 1. The van der Waals surface area contributed by atoms with Crippen molar-refractivity contribution in [2.45, 2.75) is 20.0 Å². The summed E-state index contributed by atoms with van der Waals surface area (Å²) >= 11 is 0. The van der Waals surface area contributed by atoms with Crippen molar-refractivity contribution in [1.29, 1.82) is 0 Å². The van der Waals surface area contributed by atoms with Gasteiger partial charge in [-0.15, -0.1) is 0 Å². The van der Waals surface area contributed by atoms with E-state index >= 15 is 0 Å². The minimum absolute atomic E-state index is 0.0227. The third-order valence-electron chi connectivity index (χ3n) is 3.94. The molecule has 0 atom stereocenters. The van der Waals surface area contributed by atoms with E-state index in [0.29, 0.717) is 18.0 Å². The molecule has 1 heterocycles. The smallest absolute Gasteiger partial charge is 0.161 e. The molecular weight excluding hydrogens is 320 g/mol. The first-order valence-electron chi connectivity index (χ1n) is 8.29. The number of aromatic nitrogens is 2. The van der Waals surface area contributed by atoms with Crippen LogP contribution in [0.3, 0.4) is 0 Å². The van der Waals surface area contributed by atoms with Gasteiger partial charge >= 0.3 is 0 Å². The zero-order valence-electron chi connectivity index (χ0n) is 15.7. The van der Waals surface area contributed by atoms with Gasteiger partial charge in [0.05, 0.1) is 19.4 Å². The highest BCUT2D eigenvalue weighted by atomic mass is 16.5. The van der Waals surface area contributed by atoms with E-state index in [4.69, 9.17) is 14.6 Å². The highest BCUT2D eigenvalue weighted by Crippen LogP contribution is 2.28. The Kier molecular flexibility index (Phi) is 6.66. The summed E-state index contributed by atoms with van der Waals surface area (Å²) < 4.78 is 12.7. The van der Waals surface area contributed by atoms with E-state index in [1.165, 1.54) is 5.56 Å². The Bertz CT molecular complexity index is 698. The lowest BCUT2D eigenvalue weighted by Gasteiger charge is -2.16. The van der Waals surface area contributed by atoms with E-state index in [0.717, 1.165) is 23.6 Å². The maximum Gasteiger partial charge on any atom is 0.161 e. The molecule has 7 heteroatoms. The summed E-state index contributed by atoms with van der Waals surface area (Å²) in [5.41, 5.74) is 3.33. The van der Waals surface area contributed by atoms with E-state index in [9.17, 15) is 0 Å². The largest absolute Gasteiger partial charge is 0.493 e. The van der Waals surface area contributed by atoms with Gasteiger partial charge in [-0.25, -0.2) is 0 Å². The fourth-order valence-corrected chi connectivity index (χ4v) is 2.88. The molecule has 7 nitrogen and oxygen atoms in total. The molecule has 2 rings (SSSR count). The van der Waals surface area contributed by atoms with Crippen LogP contribution < -0.4 is 19.7 Å². The first-order valence-corrected chi connectivity index (χ1v) is 8.29. The second-order valence-electron chi connectivity index (χ2n) is 6.07. The normalized spacial score (nSPS) is 10.8. The molecule has 0 aliphatic heterocycles. The number of methoxy groups -OCH3 is 1. The van der Waals surface area contributed by atoms with Crippen molar-refractivity contribution in [2.24, 2.45) is 7.05 Å². The van der Waals surface area contributed by atoms with E-state index < -0.39 is 0 Å². The minimum Gasteiger partial charge on any atom is -0.493 e. The summed E-state index contributed by atoms with van der Waals surface area (Å²) in [5, 5.41) is 16.8. The van der Waals surface area contributed by atoms with Crippen molar-refractivity contribution in [3.05, 3.63) is 35.0 Å². The summed E-state index contributed by atoms with van der Waals surface area (Å²) in [4.78, 5) is 2.08. The average Bonchev–Trinajstić information content (AvgIpc) is 2.87. The van der Waals surface area contributed by atoms with Crippen molar-refractivity contribution in [3.63, 3.8) is 0 Å². The zero-order valence-corrected chi connectivity index (χ0v) is 15.7. The van der Waals surface area contributed by atoms with Crippen LogP contribution in [0.15, 0.2) is 18.2 Å². The zero-order chi connectivity index (χ0) is 18.4. The number of aryl methyl sites for hydroxylation is 2. The summed E-state index contributed by atoms with van der Waals surface area (Å²) in [6.07, 6.45) is 0. The van der Waals surface area contributed by atoms with Crippen molar-refractivity contribution >= 4 is 5.82 Å². The van der Waals surface area contributed by atoms with Gasteiger partial charge in [0.15, 0.2) is 11.5 Å². The molecule has 0 aliphatic carbocycles. The van der Waals surface area contributed by atoms with Gasteiger partial charge in [-0.2, -0.15) is 5.10 Å². The molecule has 0 bridgehead atoms. The molecule has 0 radical (unpaired) electrons. The molecule has 0 unspecified atom stereocenters. The molecule has 2 N–H and O–H groups in total. The molecule has 1 aromatic heterocycles. The summed E-state index contributed by atoms with van der Waals surface area (Å²) in [6.45, 7) is 3.70. The Balaban J connectivity index is 2.03. The molecule has 0 saturated carbocycles. The van der Waals surface area contributed by atoms with E-state index in [-0.39, 0.29) is 13.2 Å². The van der Waals surface area contributed by atoms with Gasteiger partial charge in [-0.3, -0.25) is 4.68 Å². The average molecular weight is 348 g/mol. The van der Waals surface area contributed by atoms with Crippen molar-refractivity contribution in [2.75, 3.05) is 39.3 Å². The maximum atomic E-state index is 8.87. The van der Waals surface area contributed by atoms with Crippen LogP contribution >= 0.6 is 0 Å². The lowest BCUT2D eigenvalue weighted by Crippen LogP contribution is -2.19. The van der Waals surface area contributed by atoms with Crippen LogP contribution in [-0.2, 0) is 20.1 Å². The van der Waals surface area contributed by atoms with Gasteiger partial charge in [0, 0.05) is 39.8 Å². The van der Waals surface area contributed by atoms with Gasteiger partial charge in [-0.1, -0.05) is 6.07 Å². The molecular formula is C18H28N4O3. The SMILES string of the molecule is COc1cc(CNCc2c(C)nn(C)c2N(C)C)ccc1OCCO. The molecule has 0 saturated heterocycles. The van der Waals surface area contributed by atoms with Crippen LogP contribution in [0.1, 0.15) is 16.8 Å². The predicted octanol–water partition coefficient (Wildman–Crippen LogP) is 1.46. The second-order valence-corrected chi connectivity index (χ2v) is 6.07. The molecule has 0 fully saturated rings. The molecule has 25 heavy (non-hydrogen) atoms. The number of anilines is 1. The standard InChI is InChI=1S/C18H28N4O3/c1-13-15(18(21(2)3)22(4)20-13)12-19-11-14-6-7-16(25-9-8-23)17(10-14)24-5/h6-7,10,19,23H,8-9,11-12H2,1-5H3. The third kappa shape index (κ3) is 4.64. The summed E-state index contributed by atoms with van der Waals surface area (Å²) in [7, 11) is 7.62.